The second-order valence-corrected chi connectivity index (χ2v) is 5.90. The molecular formula is C16H18BrN3O. The van der Waals surface area contributed by atoms with E-state index < -0.39 is 0 Å². The lowest BCUT2D eigenvalue weighted by molar-refractivity contribution is 0.122. The summed E-state index contributed by atoms with van der Waals surface area (Å²) < 4.78 is 6.46. The third-order valence-corrected chi connectivity index (χ3v) is 4.02. The number of hydrogen-bond acceptors (Lipinski definition) is 4. The van der Waals surface area contributed by atoms with Gasteiger partial charge in [0, 0.05) is 24.1 Å². The first-order valence-corrected chi connectivity index (χ1v) is 7.88. The molecule has 2 heterocycles. The Morgan fingerprint density at radius 3 is 2.52 bits per heavy atom. The van der Waals surface area contributed by atoms with E-state index in [-0.39, 0.29) is 0 Å². The molecule has 0 atom stereocenters. The molecule has 0 bridgehead atoms. The summed E-state index contributed by atoms with van der Waals surface area (Å²) >= 11 is 3.44. The van der Waals surface area contributed by atoms with Gasteiger partial charge in [-0.25, -0.2) is 4.98 Å². The molecule has 0 amide bonds. The number of morpholine rings is 1. The highest BCUT2D eigenvalue weighted by molar-refractivity contribution is 9.10. The van der Waals surface area contributed by atoms with E-state index in [4.69, 9.17) is 4.74 Å². The van der Waals surface area contributed by atoms with Gasteiger partial charge in [-0.2, -0.15) is 0 Å². The Balaban J connectivity index is 1.57. The molecule has 4 nitrogen and oxygen atoms in total. The van der Waals surface area contributed by atoms with Crippen molar-refractivity contribution in [2.75, 3.05) is 36.5 Å². The molecule has 21 heavy (non-hydrogen) atoms. The third kappa shape index (κ3) is 3.95. The summed E-state index contributed by atoms with van der Waals surface area (Å²) in [5.41, 5.74) is 2.28. The lowest BCUT2D eigenvalue weighted by Gasteiger charge is -2.27. The number of halogens is 1. The van der Waals surface area contributed by atoms with E-state index in [2.05, 4.69) is 67.5 Å². The van der Waals surface area contributed by atoms with Crippen LogP contribution in [0.5, 0.6) is 0 Å². The Morgan fingerprint density at radius 1 is 1.10 bits per heavy atom. The van der Waals surface area contributed by atoms with Crippen molar-refractivity contribution < 1.29 is 4.74 Å². The lowest BCUT2D eigenvalue weighted by Crippen LogP contribution is -2.36. The molecule has 1 fully saturated rings. The van der Waals surface area contributed by atoms with E-state index in [0.717, 1.165) is 48.8 Å². The second-order valence-electron chi connectivity index (χ2n) is 4.98. The molecule has 0 radical (unpaired) electrons. The molecule has 1 aliphatic heterocycles. The van der Waals surface area contributed by atoms with Crippen molar-refractivity contribution >= 4 is 27.4 Å². The predicted octanol–water partition coefficient (Wildman–Crippen LogP) is 3.29. The Labute approximate surface area is 133 Å². The largest absolute Gasteiger partial charge is 0.380 e. The van der Waals surface area contributed by atoms with Gasteiger partial charge in [-0.15, -0.1) is 0 Å². The van der Waals surface area contributed by atoms with Crippen LogP contribution in [0.1, 0.15) is 5.56 Å². The van der Waals surface area contributed by atoms with Crippen molar-refractivity contribution in [3.05, 3.63) is 52.6 Å². The Bertz CT molecular complexity index is 565. The fourth-order valence-corrected chi connectivity index (χ4v) is 2.54. The van der Waals surface area contributed by atoms with Crippen molar-refractivity contribution in [1.82, 2.24) is 4.98 Å². The predicted molar refractivity (Wildman–Crippen MR) is 88.7 cm³/mol. The summed E-state index contributed by atoms with van der Waals surface area (Å²) in [5, 5.41) is 3.39. The minimum absolute atomic E-state index is 0.783. The van der Waals surface area contributed by atoms with Crippen molar-refractivity contribution in [1.29, 1.82) is 0 Å². The van der Waals surface area contributed by atoms with Crippen molar-refractivity contribution in [3.63, 3.8) is 0 Å². The SMILES string of the molecule is Brc1ccc(CNc2ccc(N3CCOCC3)nc2)cc1. The number of benzene rings is 1. The molecule has 110 valence electrons. The van der Waals surface area contributed by atoms with Crippen LogP contribution in [0.3, 0.4) is 0 Å². The van der Waals surface area contributed by atoms with Gasteiger partial charge in [0.05, 0.1) is 25.1 Å². The molecular weight excluding hydrogens is 330 g/mol. The van der Waals surface area contributed by atoms with Crippen molar-refractivity contribution in [2.24, 2.45) is 0 Å². The van der Waals surface area contributed by atoms with E-state index in [9.17, 15) is 0 Å². The fourth-order valence-electron chi connectivity index (χ4n) is 2.28. The molecule has 0 aliphatic carbocycles. The number of nitrogens with one attached hydrogen (secondary N) is 1. The van der Waals surface area contributed by atoms with Crippen LogP contribution in [0.2, 0.25) is 0 Å². The zero-order valence-corrected chi connectivity index (χ0v) is 13.3. The zero-order valence-electron chi connectivity index (χ0n) is 11.8. The summed E-state index contributed by atoms with van der Waals surface area (Å²) in [7, 11) is 0. The first kappa shape index (κ1) is 14.4. The minimum Gasteiger partial charge on any atom is -0.380 e. The smallest absolute Gasteiger partial charge is 0.128 e. The standard InChI is InChI=1S/C16H18BrN3O/c17-14-3-1-13(2-4-14)11-18-15-5-6-16(19-12-15)20-7-9-21-10-8-20/h1-6,12,18H,7-11H2. The van der Waals surface area contributed by atoms with Crippen LogP contribution >= 0.6 is 15.9 Å². The van der Waals surface area contributed by atoms with Crippen LogP contribution in [0.4, 0.5) is 11.5 Å². The van der Waals surface area contributed by atoms with Gasteiger partial charge >= 0.3 is 0 Å². The quantitative estimate of drug-likeness (QED) is 0.920. The van der Waals surface area contributed by atoms with Crippen LogP contribution < -0.4 is 10.2 Å². The fraction of sp³-hybridized carbons (Fsp3) is 0.312. The lowest BCUT2D eigenvalue weighted by atomic mass is 10.2. The zero-order chi connectivity index (χ0) is 14.5. The maximum Gasteiger partial charge on any atom is 0.128 e. The van der Waals surface area contributed by atoms with E-state index >= 15 is 0 Å². The first-order valence-electron chi connectivity index (χ1n) is 7.08. The Morgan fingerprint density at radius 2 is 1.86 bits per heavy atom. The molecule has 5 heteroatoms. The van der Waals surface area contributed by atoms with Crippen LogP contribution in [-0.4, -0.2) is 31.3 Å². The van der Waals surface area contributed by atoms with Crippen molar-refractivity contribution in [2.45, 2.75) is 6.54 Å². The molecule has 0 saturated carbocycles. The molecule has 2 aromatic rings. The average molecular weight is 348 g/mol. The monoisotopic (exact) mass is 347 g/mol. The van der Waals surface area contributed by atoms with Crippen LogP contribution in [0.25, 0.3) is 0 Å². The minimum atomic E-state index is 0.783. The van der Waals surface area contributed by atoms with Gasteiger partial charge in [-0.05, 0) is 29.8 Å². The molecule has 3 rings (SSSR count). The van der Waals surface area contributed by atoms with Crippen LogP contribution in [0.15, 0.2) is 47.1 Å². The number of anilines is 2. The van der Waals surface area contributed by atoms with Crippen molar-refractivity contribution in [3.8, 4) is 0 Å². The number of nitrogens with zero attached hydrogens (tertiary/aromatic N) is 2. The summed E-state index contributed by atoms with van der Waals surface area (Å²) in [6.45, 7) is 4.19. The van der Waals surface area contributed by atoms with Crippen LogP contribution in [-0.2, 0) is 11.3 Å². The molecule has 1 aliphatic rings. The molecule has 1 aromatic carbocycles. The maximum absolute atomic E-state index is 5.36. The average Bonchev–Trinajstić information content (AvgIpc) is 2.56. The molecule has 0 spiro atoms. The summed E-state index contributed by atoms with van der Waals surface area (Å²) in [6.07, 6.45) is 1.89. The van der Waals surface area contributed by atoms with E-state index in [1.165, 1.54) is 5.56 Å². The summed E-state index contributed by atoms with van der Waals surface area (Å²) in [5.74, 6) is 1.02. The van der Waals surface area contributed by atoms with E-state index in [1.54, 1.807) is 0 Å². The van der Waals surface area contributed by atoms with E-state index in [0.29, 0.717) is 0 Å². The summed E-state index contributed by atoms with van der Waals surface area (Å²) in [4.78, 5) is 6.78. The van der Waals surface area contributed by atoms with Gasteiger partial charge < -0.3 is 15.0 Å². The van der Waals surface area contributed by atoms with Gasteiger partial charge in [-0.1, -0.05) is 28.1 Å². The van der Waals surface area contributed by atoms with E-state index in [1.807, 2.05) is 6.20 Å². The van der Waals surface area contributed by atoms with Gasteiger partial charge in [0.15, 0.2) is 0 Å². The summed E-state index contributed by atoms with van der Waals surface area (Å²) in [6, 6.07) is 12.5. The molecule has 1 N–H and O–H groups in total. The van der Waals surface area contributed by atoms with Crippen LogP contribution in [0, 0.1) is 0 Å². The number of hydrogen-bond donors (Lipinski definition) is 1. The molecule has 1 aromatic heterocycles. The highest BCUT2D eigenvalue weighted by Crippen LogP contribution is 2.16. The Kier molecular flexibility index (Phi) is 4.72. The number of rotatable bonds is 4. The number of aromatic nitrogens is 1. The molecule has 1 saturated heterocycles. The maximum atomic E-state index is 5.36. The van der Waals surface area contributed by atoms with Gasteiger partial charge in [-0.3, -0.25) is 0 Å². The molecule has 0 unspecified atom stereocenters. The number of ether oxygens (including phenoxy) is 1. The number of pyridine rings is 1. The van der Waals surface area contributed by atoms with Gasteiger partial charge in [0.25, 0.3) is 0 Å². The second kappa shape index (κ2) is 6.91. The highest BCUT2D eigenvalue weighted by Gasteiger charge is 2.11. The van der Waals surface area contributed by atoms with Gasteiger partial charge in [0.2, 0.25) is 0 Å². The first-order chi connectivity index (χ1) is 10.3. The topological polar surface area (TPSA) is 37.4 Å². The normalized spacial score (nSPS) is 15.0. The van der Waals surface area contributed by atoms with Gasteiger partial charge in [0.1, 0.15) is 5.82 Å². The third-order valence-electron chi connectivity index (χ3n) is 3.49. The highest BCUT2D eigenvalue weighted by atomic mass is 79.9. The Hall–Kier alpha value is -1.59.